The van der Waals surface area contributed by atoms with E-state index in [4.69, 9.17) is 15.2 Å². The lowest BCUT2D eigenvalue weighted by molar-refractivity contribution is -0.155. The van der Waals surface area contributed by atoms with Gasteiger partial charge in [-0.05, 0) is 63.6 Å². The van der Waals surface area contributed by atoms with E-state index < -0.39 is 65.5 Å². The molecule has 8 N–H and O–H groups in total. The number of urea groups is 1. The number of hydrogen-bond acceptors (Lipinski definition) is 9. The molecule has 0 aliphatic heterocycles. The molecule has 0 unspecified atom stereocenters. The predicted octanol–water partition coefficient (Wildman–Crippen LogP) is 1.59. The quantitative estimate of drug-likeness (QED) is 0.0696. The highest BCUT2D eigenvalue weighted by Crippen LogP contribution is 2.13. The van der Waals surface area contributed by atoms with Crippen molar-refractivity contribution in [1.82, 2.24) is 21.3 Å². The van der Waals surface area contributed by atoms with Crippen LogP contribution in [0.15, 0.2) is 36.9 Å². The number of amides is 6. The summed E-state index contributed by atoms with van der Waals surface area (Å²) in [5.74, 6) is -3.05. The summed E-state index contributed by atoms with van der Waals surface area (Å²) in [5.41, 5.74) is 5.43. The van der Waals surface area contributed by atoms with E-state index in [0.717, 1.165) is 0 Å². The minimum atomic E-state index is -1.26. The van der Waals surface area contributed by atoms with Gasteiger partial charge in [-0.15, -0.1) is 0 Å². The van der Waals surface area contributed by atoms with Gasteiger partial charge < -0.3 is 46.9 Å². The van der Waals surface area contributed by atoms with Crippen LogP contribution < -0.4 is 32.3 Å². The smallest absolute Gasteiger partial charge is 0.408 e. The number of hydrogen-bond donors (Lipinski definition) is 7. The minimum Gasteiger partial charge on any atom is -0.460 e. The zero-order chi connectivity index (χ0) is 34.9. The van der Waals surface area contributed by atoms with E-state index in [9.17, 15) is 33.9 Å². The lowest BCUT2D eigenvalue weighted by Crippen LogP contribution is -2.58. The molecular weight excluding hydrogens is 600 g/mol. The first kappa shape index (κ1) is 39.4. The summed E-state index contributed by atoms with van der Waals surface area (Å²) in [6.07, 6.45) is 0.450. The van der Waals surface area contributed by atoms with E-state index in [1.165, 1.54) is 6.08 Å². The van der Waals surface area contributed by atoms with E-state index >= 15 is 0 Å². The largest absolute Gasteiger partial charge is 0.460 e. The number of benzene rings is 1. The molecule has 1 aromatic carbocycles. The third-order valence-corrected chi connectivity index (χ3v) is 6.25. The second-order valence-electron chi connectivity index (χ2n) is 11.8. The number of carbonyl (C=O) groups is 6. The number of anilines is 1. The Hall–Kier alpha value is -4.66. The predicted molar refractivity (Wildman–Crippen MR) is 170 cm³/mol. The van der Waals surface area contributed by atoms with Crippen molar-refractivity contribution >= 4 is 41.5 Å². The van der Waals surface area contributed by atoms with Crippen LogP contribution >= 0.6 is 0 Å². The third kappa shape index (κ3) is 15.9. The summed E-state index contributed by atoms with van der Waals surface area (Å²) in [7, 11) is 0. The van der Waals surface area contributed by atoms with Crippen molar-refractivity contribution in [2.75, 3.05) is 18.5 Å². The average molecular weight is 649 g/mol. The van der Waals surface area contributed by atoms with Gasteiger partial charge in [0.15, 0.2) is 0 Å². The minimum absolute atomic E-state index is 0.112. The summed E-state index contributed by atoms with van der Waals surface area (Å²) < 4.78 is 10.2. The van der Waals surface area contributed by atoms with Crippen LogP contribution in [0.4, 0.5) is 15.3 Å². The van der Waals surface area contributed by atoms with Crippen molar-refractivity contribution in [3.05, 3.63) is 42.5 Å². The Bertz CT molecular complexity index is 1200. The van der Waals surface area contributed by atoms with Crippen LogP contribution in [0, 0.1) is 5.92 Å². The number of rotatable bonds is 18. The maximum Gasteiger partial charge on any atom is 0.408 e. The highest BCUT2D eigenvalue weighted by atomic mass is 16.6. The fourth-order valence-corrected chi connectivity index (χ4v) is 4.00. The Labute approximate surface area is 269 Å². The molecule has 0 aliphatic carbocycles. The van der Waals surface area contributed by atoms with Gasteiger partial charge in [0.1, 0.15) is 30.3 Å². The molecule has 15 nitrogen and oxygen atoms in total. The molecule has 0 saturated carbocycles. The number of carbonyl (C=O) groups excluding carboxylic acids is 6. The second-order valence-corrected chi connectivity index (χ2v) is 11.8. The third-order valence-electron chi connectivity index (χ3n) is 6.25. The van der Waals surface area contributed by atoms with E-state index in [2.05, 4.69) is 33.2 Å². The molecule has 256 valence electrons. The molecule has 0 aliphatic rings. The number of alkyl carbamates (subject to hydrolysis) is 1. The Morgan fingerprint density at radius 1 is 0.935 bits per heavy atom. The average Bonchev–Trinajstić information content (AvgIpc) is 2.97. The van der Waals surface area contributed by atoms with Gasteiger partial charge in [0.2, 0.25) is 17.7 Å². The van der Waals surface area contributed by atoms with Gasteiger partial charge in [-0.1, -0.05) is 38.6 Å². The van der Waals surface area contributed by atoms with E-state index in [1.807, 2.05) is 0 Å². The Morgan fingerprint density at radius 3 is 2.11 bits per heavy atom. The van der Waals surface area contributed by atoms with Crippen molar-refractivity contribution in [1.29, 1.82) is 0 Å². The SMILES string of the molecule is C=CCOC(=O)N[C@@H](CCC(=O)OC(C)(C)C)C(=O)N[C@H](C(=O)N[C@@H](CCCNC(N)=O)C(=O)Nc1ccc(CO)cc1)C(C)C. The molecule has 0 bridgehead atoms. The standard InChI is InChI=1S/C31H48N6O9/c1-7-17-45-30(44)36-23(14-15-24(39)46-31(4,5)6)27(41)37-25(19(2)3)28(42)35-22(9-8-16-33-29(32)43)26(40)34-21-12-10-20(18-38)11-13-21/h7,10-13,19,22-23,25,38H,1,8-9,14-18H2,2-6H3,(H,34,40)(H,35,42)(H,36,44)(H,37,41)(H3,32,33,43)/t22-,23-,25-/m0/s1. The monoisotopic (exact) mass is 648 g/mol. The molecule has 0 saturated heterocycles. The van der Waals surface area contributed by atoms with Crippen molar-refractivity contribution in [3.63, 3.8) is 0 Å². The summed E-state index contributed by atoms with van der Waals surface area (Å²) >= 11 is 0. The first-order chi connectivity index (χ1) is 21.6. The number of nitrogens with one attached hydrogen (secondary N) is 5. The van der Waals surface area contributed by atoms with Crippen LogP contribution in [-0.4, -0.2) is 77.8 Å². The summed E-state index contributed by atoms with van der Waals surface area (Å²) in [6.45, 7) is 11.8. The topological polar surface area (TPSA) is 227 Å². The normalized spacial score (nSPS) is 12.9. The van der Waals surface area contributed by atoms with Gasteiger partial charge in [0, 0.05) is 18.7 Å². The number of primary amides is 1. The lowest BCUT2D eigenvalue weighted by Gasteiger charge is -2.27. The van der Waals surface area contributed by atoms with Gasteiger partial charge in [-0.2, -0.15) is 0 Å². The molecular formula is C31H48N6O9. The summed E-state index contributed by atoms with van der Waals surface area (Å²) in [4.78, 5) is 75.8. The van der Waals surface area contributed by atoms with Crippen LogP contribution in [0.2, 0.25) is 0 Å². The molecule has 1 rings (SSSR count). The van der Waals surface area contributed by atoms with Gasteiger partial charge in [0.25, 0.3) is 0 Å². The van der Waals surface area contributed by atoms with E-state index in [1.54, 1.807) is 58.9 Å². The van der Waals surface area contributed by atoms with Gasteiger partial charge in [-0.3, -0.25) is 19.2 Å². The molecule has 1 aromatic rings. The summed E-state index contributed by atoms with van der Waals surface area (Å²) in [6, 6.07) is 2.23. The Balaban J connectivity index is 3.11. The zero-order valence-corrected chi connectivity index (χ0v) is 27.1. The van der Waals surface area contributed by atoms with E-state index in [0.29, 0.717) is 11.3 Å². The van der Waals surface area contributed by atoms with Crippen molar-refractivity contribution in [3.8, 4) is 0 Å². The maximum atomic E-state index is 13.5. The highest BCUT2D eigenvalue weighted by Gasteiger charge is 2.32. The number of nitrogens with two attached hydrogens (primary N) is 1. The molecule has 0 fully saturated rings. The molecule has 15 heteroatoms. The van der Waals surface area contributed by atoms with Crippen molar-refractivity contribution in [2.24, 2.45) is 11.7 Å². The van der Waals surface area contributed by atoms with E-state index in [-0.39, 0.29) is 45.4 Å². The molecule has 0 radical (unpaired) electrons. The van der Waals surface area contributed by atoms with Crippen molar-refractivity contribution < 1.29 is 43.3 Å². The van der Waals surface area contributed by atoms with Crippen LogP contribution in [0.5, 0.6) is 0 Å². The molecule has 0 aromatic heterocycles. The first-order valence-electron chi connectivity index (χ1n) is 15.0. The summed E-state index contributed by atoms with van der Waals surface area (Å²) in [5, 5.41) is 22.1. The van der Waals surface area contributed by atoms with Gasteiger partial charge in [-0.25, -0.2) is 9.59 Å². The Morgan fingerprint density at radius 2 is 1.57 bits per heavy atom. The molecule has 46 heavy (non-hydrogen) atoms. The van der Waals surface area contributed by atoms with Crippen LogP contribution in [-0.2, 0) is 35.3 Å². The number of aliphatic hydroxyl groups is 1. The maximum absolute atomic E-state index is 13.5. The van der Waals surface area contributed by atoms with Gasteiger partial charge in [0.05, 0.1) is 6.61 Å². The molecule has 0 spiro atoms. The Kier molecular flexibility index (Phi) is 16.8. The van der Waals surface area contributed by atoms with Crippen LogP contribution in [0.1, 0.15) is 65.9 Å². The van der Waals surface area contributed by atoms with Crippen molar-refractivity contribution in [2.45, 2.75) is 90.6 Å². The number of aliphatic hydroxyl groups excluding tert-OH is 1. The molecule has 3 atom stereocenters. The van der Waals surface area contributed by atoms with Crippen LogP contribution in [0.25, 0.3) is 0 Å². The number of esters is 1. The molecule has 6 amide bonds. The first-order valence-corrected chi connectivity index (χ1v) is 15.0. The highest BCUT2D eigenvalue weighted by molar-refractivity contribution is 5.99. The lowest BCUT2D eigenvalue weighted by atomic mass is 10.0. The second kappa shape index (κ2) is 19.7. The number of ether oxygens (including phenoxy) is 2. The molecule has 0 heterocycles. The van der Waals surface area contributed by atoms with Gasteiger partial charge >= 0.3 is 18.1 Å². The zero-order valence-electron chi connectivity index (χ0n) is 27.1. The van der Waals surface area contributed by atoms with Crippen LogP contribution in [0.3, 0.4) is 0 Å². The fourth-order valence-electron chi connectivity index (χ4n) is 4.00. The fraction of sp³-hybridized carbons (Fsp3) is 0.548.